The third-order valence-corrected chi connectivity index (χ3v) is 24.0. The number of hydrogen-bond acceptors (Lipinski definition) is 4. The molecule has 544 valence electrons. The quantitative estimate of drug-likeness (QED) is 0.134. The van der Waals surface area contributed by atoms with Crippen LogP contribution in [0, 0.1) is 6.92 Å². The number of aryl methyl sites for hydroxylation is 1. The van der Waals surface area contributed by atoms with Crippen molar-refractivity contribution in [1.82, 2.24) is 0 Å². The molecule has 18 rings (SSSR count). The van der Waals surface area contributed by atoms with Crippen molar-refractivity contribution < 1.29 is 0 Å². The molecule has 4 heterocycles. The highest BCUT2D eigenvalue weighted by Crippen LogP contribution is 2.54. The van der Waals surface area contributed by atoms with E-state index in [1.54, 1.807) is 0 Å². The van der Waals surface area contributed by atoms with Gasteiger partial charge in [-0.1, -0.05) is 316 Å². The van der Waals surface area contributed by atoms with Gasteiger partial charge in [-0.25, -0.2) is 0 Å². The van der Waals surface area contributed by atoms with E-state index < -0.39 is 0 Å². The molecular formula is C105H98B2N4. The average Bonchev–Trinajstić information content (AvgIpc) is 0.696. The van der Waals surface area contributed by atoms with E-state index in [-0.39, 0.29) is 40.5 Å². The lowest BCUT2D eigenvalue weighted by atomic mass is 9.33. The van der Waals surface area contributed by atoms with Crippen LogP contribution in [0.4, 0.5) is 68.2 Å². The van der Waals surface area contributed by atoms with Gasteiger partial charge in [0.15, 0.2) is 0 Å². The van der Waals surface area contributed by atoms with Crippen LogP contribution in [0.25, 0.3) is 55.6 Å². The Hall–Kier alpha value is -11.6. The molecule has 4 aliphatic heterocycles. The van der Waals surface area contributed by atoms with E-state index in [0.717, 1.165) is 45.0 Å². The molecule has 0 amide bonds. The van der Waals surface area contributed by atoms with Gasteiger partial charge in [-0.15, -0.1) is 0 Å². The topological polar surface area (TPSA) is 13.0 Å². The van der Waals surface area contributed by atoms with Crippen LogP contribution >= 0.6 is 0 Å². The number of hydrogen-bond donors (Lipinski definition) is 0. The number of nitrogens with zero attached hydrogens (tertiary/aromatic N) is 4. The molecule has 0 spiro atoms. The molecule has 4 nitrogen and oxygen atoms in total. The van der Waals surface area contributed by atoms with Crippen LogP contribution in [0.3, 0.4) is 0 Å². The first-order valence-electron chi connectivity index (χ1n) is 40.0. The smallest absolute Gasteiger partial charge is 0.252 e. The van der Waals surface area contributed by atoms with E-state index in [1.165, 1.54) is 145 Å². The number of rotatable bonds is 9. The summed E-state index contributed by atoms with van der Waals surface area (Å²) in [6.07, 6.45) is 0. The Morgan fingerprint density at radius 3 is 0.964 bits per heavy atom. The van der Waals surface area contributed by atoms with Gasteiger partial charge in [-0.3, -0.25) is 0 Å². The second-order valence-electron chi connectivity index (χ2n) is 36.7. The lowest BCUT2D eigenvalue weighted by Crippen LogP contribution is -2.61. The van der Waals surface area contributed by atoms with Crippen molar-refractivity contribution in [3.8, 4) is 55.6 Å². The molecule has 0 bridgehead atoms. The summed E-state index contributed by atoms with van der Waals surface area (Å²) >= 11 is 0. The summed E-state index contributed by atoms with van der Waals surface area (Å²) in [5.74, 6) is 0. The number of benzene rings is 14. The van der Waals surface area contributed by atoms with E-state index in [4.69, 9.17) is 0 Å². The van der Waals surface area contributed by atoms with Gasteiger partial charge >= 0.3 is 0 Å². The molecule has 111 heavy (non-hydrogen) atoms. The van der Waals surface area contributed by atoms with E-state index >= 15 is 0 Å². The molecule has 14 aromatic rings. The van der Waals surface area contributed by atoms with E-state index in [9.17, 15) is 0 Å². The molecule has 4 aliphatic rings. The molecule has 0 saturated heterocycles. The fourth-order valence-corrected chi connectivity index (χ4v) is 18.1. The van der Waals surface area contributed by atoms with Crippen LogP contribution in [0.15, 0.2) is 303 Å². The Labute approximate surface area is 659 Å². The molecule has 0 aromatic heterocycles. The summed E-state index contributed by atoms with van der Waals surface area (Å²) in [7, 11) is 0. The van der Waals surface area contributed by atoms with Crippen LogP contribution in [0.5, 0.6) is 0 Å². The van der Waals surface area contributed by atoms with E-state index in [0.29, 0.717) is 0 Å². The highest BCUT2D eigenvalue weighted by Gasteiger charge is 2.48. The minimum atomic E-state index is -0.214. The monoisotopic (exact) mass is 1440 g/mol. The van der Waals surface area contributed by atoms with Gasteiger partial charge in [0.1, 0.15) is 0 Å². The maximum absolute atomic E-state index is 2.65. The zero-order chi connectivity index (χ0) is 76.9. The summed E-state index contributed by atoms with van der Waals surface area (Å²) in [5, 5.41) is 0. The van der Waals surface area contributed by atoms with Crippen molar-refractivity contribution in [2.24, 2.45) is 0 Å². The zero-order valence-corrected chi connectivity index (χ0v) is 67.3. The molecule has 0 radical (unpaired) electrons. The number of anilines is 12. The molecular weight excluding hydrogens is 1340 g/mol. The van der Waals surface area contributed by atoms with Gasteiger partial charge in [-0.05, 0) is 225 Å². The standard InChI is InChI=1S/C105H98B2N4/c1-67-57-95-99-96(58-67)111(94-64-77(104(11,12)13)49-53-85(94)106(99)84-52-48-76(103(8,9)10)63-93(84)110(95)87-44-29-26-41-79(87)68-33-20-17-21-34-68)88-45-30-27-42-80(88)73-40-32-39-71(59-73)72-47-54-92-86(60-72)107-83-43-28-31-46-91(83)108(89-55-50-74(101(2,3)4)61-81(89)69-35-22-18-23-36-69)97-65-78(105(14,15)16)66-98(100(97)107)109(92)90-56-51-75(102(5,6)7)62-82(90)70-37-24-19-25-38-70/h17-66H,1-16H3. The van der Waals surface area contributed by atoms with Crippen LogP contribution in [0.2, 0.25) is 0 Å². The summed E-state index contributed by atoms with van der Waals surface area (Å²) in [5.41, 5.74) is 40.9. The fourth-order valence-electron chi connectivity index (χ4n) is 18.1. The zero-order valence-electron chi connectivity index (χ0n) is 67.3. The van der Waals surface area contributed by atoms with Gasteiger partial charge < -0.3 is 19.6 Å². The van der Waals surface area contributed by atoms with Crippen LogP contribution < -0.4 is 52.4 Å². The number of fused-ring (bicyclic) bond motifs is 8. The maximum atomic E-state index is 2.65. The lowest BCUT2D eigenvalue weighted by Gasteiger charge is -2.46. The molecule has 6 heteroatoms. The third kappa shape index (κ3) is 12.1. The van der Waals surface area contributed by atoms with Gasteiger partial charge in [0.05, 0.1) is 22.7 Å². The predicted octanol–water partition coefficient (Wildman–Crippen LogP) is 25.0. The third-order valence-electron chi connectivity index (χ3n) is 24.0. The van der Waals surface area contributed by atoms with Crippen molar-refractivity contribution in [2.45, 2.75) is 138 Å². The Kier molecular flexibility index (Phi) is 16.8. The second kappa shape index (κ2) is 26.3. The average molecular weight is 1440 g/mol. The maximum Gasteiger partial charge on any atom is 0.252 e. The largest absolute Gasteiger partial charge is 0.311 e. The summed E-state index contributed by atoms with van der Waals surface area (Å²) < 4.78 is 0. The normalized spacial score (nSPS) is 13.7. The Morgan fingerprint density at radius 1 is 0.189 bits per heavy atom. The minimum Gasteiger partial charge on any atom is -0.311 e. The second-order valence-corrected chi connectivity index (χ2v) is 36.7. The first-order valence-corrected chi connectivity index (χ1v) is 40.0. The molecule has 14 aromatic carbocycles. The Bertz CT molecular complexity index is 6020. The predicted molar refractivity (Wildman–Crippen MR) is 480 cm³/mol. The molecule has 0 unspecified atom stereocenters. The first-order chi connectivity index (χ1) is 53.2. The van der Waals surface area contributed by atoms with Crippen molar-refractivity contribution in [2.75, 3.05) is 19.6 Å². The van der Waals surface area contributed by atoms with Crippen LogP contribution in [0.1, 0.15) is 137 Å². The number of para-hydroxylation sites is 3. The van der Waals surface area contributed by atoms with Crippen molar-refractivity contribution in [3.05, 3.63) is 337 Å². The lowest BCUT2D eigenvalue weighted by molar-refractivity contribution is 0.590. The first kappa shape index (κ1) is 71.0. The molecule has 0 fully saturated rings. The summed E-state index contributed by atoms with van der Waals surface area (Å²) in [6, 6.07) is 117. The molecule has 0 atom stereocenters. The van der Waals surface area contributed by atoms with Gasteiger partial charge in [0, 0.05) is 67.8 Å². The summed E-state index contributed by atoms with van der Waals surface area (Å²) in [4.78, 5) is 10.5. The molecule has 0 aliphatic carbocycles. The van der Waals surface area contributed by atoms with Crippen molar-refractivity contribution in [3.63, 3.8) is 0 Å². The van der Waals surface area contributed by atoms with E-state index in [2.05, 4.69) is 434 Å². The van der Waals surface area contributed by atoms with Gasteiger partial charge in [0.25, 0.3) is 13.4 Å². The van der Waals surface area contributed by atoms with Crippen LogP contribution in [-0.2, 0) is 27.1 Å². The highest BCUT2D eigenvalue weighted by molar-refractivity contribution is 7.01. The Morgan fingerprint density at radius 2 is 0.495 bits per heavy atom. The highest BCUT2D eigenvalue weighted by atomic mass is 15.2. The molecule has 0 N–H and O–H groups in total. The fraction of sp³-hybridized carbons (Fsp3) is 0.200. The van der Waals surface area contributed by atoms with Gasteiger partial charge in [-0.2, -0.15) is 0 Å². The SMILES string of the molecule is Cc1cc2c3c(c1)N(c1ccccc1-c1cccc(-c4ccc5c(c4)B4c6ccccc6N(c6ccc(C(C)(C)C)cc6-c6ccccc6)c6cc(C(C)(C)C)cc(c64)N5c4ccc(C(C)(C)C)cc4-c4ccccc4)c1)c1cc(C(C)(C)C)ccc1B3c1ccc(C(C)(C)C)cc1N2c1ccccc1-c1ccccc1. The molecule has 0 saturated carbocycles. The van der Waals surface area contributed by atoms with Crippen LogP contribution in [-0.4, -0.2) is 13.4 Å². The van der Waals surface area contributed by atoms with Crippen molar-refractivity contribution >= 4 is 114 Å². The van der Waals surface area contributed by atoms with Gasteiger partial charge in [0.2, 0.25) is 0 Å². The van der Waals surface area contributed by atoms with E-state index in [1.807, 2.05) is 0 Å². The van der Waals surface area contributed by atoms with Crippen molar-refractivity contribution in [1.29, 1.82) is 0 Å². The minimum absolute atomic E-state index is 0.0437. The Balaban J connectivity index is 0.850. The summed E-state index contributed by atoms with van der Waals surface area (Å²) in [6.45, 7) is 37.3.